The van der Waals surface area contributed by atoms with Crippen LogP contribution in [0.1, 0.15) is 36.2 Å². The number of benzene rings is 1. The largest absolute Gasteiger partial charge is 0.480 e. The normalized spacial score (nSPS) is 13.7. The zero-order valence-electron chi connectivity index (χ0n) is 11.2. The number of hydrogen-bond donors (Lipinski definition) is 2. The first-order chi connectivity index (χ1) is 8.85. The molecule has 0 bridgehead atoms. The summed E-state index contributed by atoms with van der Waals surface area (Å²) in [5, 5.41) is 11.5. The van der Waals surface area contributed by atoms with Crippen LogP contribution in [0.5, 0.6) is 0 Å². The summed E-state index contributed by atoms with van der Waals surface area (Å²) in [6.45, 7) is 5.26. The van der Waals surface area contributed by atoms with E-state index in [0.717, 1.165) is 6.07 Å². The van der Waals surface area contributed by atoms with Gasteiger partial charge in [0.2, 0.25) is 0 Å². The fourth-order valence-electron chi connectivity index (χ4n) is 1.78. The smallest absolute Gasteiger partial charge is 0.326 e. The van der Waals surface area contributed by atoms with Crippen molar-refractivity contribution >= 4 is 11.9 Å². The fourth-order valence-corrected chi connectivity index (χ4v) is 1.78. The van der Waals surface area contributed by atoms with Gasteiger partial charge in [0.1, 0.15) is 11.9 Å². The molecule has 19 heavy (non-hydrogen) atoms. The molecule has 0 aliphatic carbocycles. The van der Waals surface area contributed by atoms with E-state index in [1.54, 1.807) is 13.8 Å². The standard InChI is InChI=1S/C14H18FNO3/c1-4-9(3)12(14(18)19)16-13(17)10-5-8(2)6-11(15)7-10/h5-7,9,12H,4H2,1-3H3,(H,16,17)(H,18,19). The van der Waals surface area contributed by atoms with Gasteiger partial charge < -0.3 is 10.4 Å². The zero-order valence-corrected chi connectivity index (χ0v) is 11.2. The van der Waals surface area contributed by atoms with Crippen molar-refractivity contribution in [1.82, 2.24) is 5.32 Å². The lowest BCUT2D eigenvalue weighted by molar-refractivity contribution is -0.140. The van der Waals surface area contributed by atoms with Gasteiger partial charge in [-0.25, -0.2) is 9.18 Å². The van der Waals surface area contributed by atoms with Gasteiger partial charge in [0.25, 0.3) is 5.91 Å². The van der Waals surface area contributed by atoms with Crippen molar-refractivity contribution in [2.24, 2.45) is 5.92 Å². The Labute approximate surface area is 111 Å². The third-order valence-electron chi connectivity index (χ3n) is 3.07. The Morgan fingerprint density at radius 3 is 2.47 bits per heavy atom. The second kappa shape index (κ2) is 6.31. The lowest BCUT2D eigenvalue weighted by atomic mass is 9.99. The Hall–Kier alpha value is -1.91. The van der Waals surface area contributed by atoms with E-state index in [-0.39, 0.29) is 11.5 Å². The summed E-state index contributed by atoms with van der Waals surface area (Å²) < 4.78 is 13.2. The van der Waals surface area contributed by atoms with Crippen molar-refractivity contribution in [3.63, 3.8) is 0 Å². The third-order valence-corrected chi connectivity index (χ3v) is 3.07. The maximum Gasteiger partial charge on any atom is 0.326 e. The molecule has 0 saturated heterocycles. The zero-order chi connectivity index (χ0) is 14.6. The molecule has 0 aliphatic rings. The molecule has 0 saturated carbocycles. The van der Waals surface area contributed by atoms with Crippen LogP contribution in [0.3, 0.4) is 0 Å². The number of nitrogens with one attached hydrogen (secondary N) is 1. The summed E-state index contributed by atoms with van der Waals surface area (Å²) in [5.74, 6) is -2.37. The summed E-state index contributed by atoms with van der Waals surface area (Å²) in [6.07, 6.45) is 0.624. The molecule has 0 aliphatic heterocycles. The molecule has 2 atom stereocenters. The molecule has 1 rings (SSSR count). The van der Waals surface area contributed by atoms with Crippen LogP contribution >= 0.6 is 0 Å². The number of carboxylic acids is 1. The molecule has 4 nitrogen and oxygen atoms in total. The van der Waals surface area contributed by atoms with Gasteiger partial charge in [-0.1, -0.05) is 20.3 Å². The van der Waals surface area contributed by atoms with Crippen LogP contribution in [0.4, 0.5) is 4.39 Å². The van der Waals surface area contributed by atoms with E-state index < -0.39 is 23.7 Å². The van der Waals surface area contributed by atoms with E-state index in [1.807, 2.05) is 6.92 Å². The average Bonchev–Trinajstić information content (AvgIpc) is 2.33. The van der Waals surface area contributed by atoms with E-state index in [1.165, 1.54) is 12.1 Å². The van der Waals surface area contributed by atoms with Crippen molar-refractivity contribution in [1.29, 1.82) is 0 Å². The van der Waals surface area contributed by atoms with Crippen LogP contribution in [-0.4, -0.2) is 23.0 Å². The molecular formula is C14H18FNO3. The Kier molecular flexibility index (Phi) is 5.03. The van der Waals surface area contributed by atoms with Gasteiger partial charge >= 0.3 is 5.97 Å². The summed E-state index contributed by atoms with van der Waals surface area (Å²) in [5.41, 5.74) is 0.743. The maximum absolute atomic E-state index is 13.2. The first kappa shape index (κ1) is 15.1. The summed E-state index contributed by atoms with van der Waals surface area (Å²) >= 11 is 0. The number of aryl methyl sites for hydroxylation is 1. The topological polar surface area (TPSA) is 66.4 Å². The van der Waals surface area contributed by atoms with E-state index in [2.05, 4.69) is 5.32 Å². The van der Waals surface area contributed by atoms with E-state index in [0.29, 0.717) is 12.0 Å². The predicted molar refractivity (Wildman–Crippen MR) is 69.5 cm³/mol. The molecule has 1 aromatic rings. The quantitative estimate of drug-likeness (QED) is 0.860. The number of amides is 1. The number of rotatable bonds is 5. The minimum atomic E-state index is -1.09. The highest BCUT2D eigenvalue weighted by Crippen LogP contribution is 2.12. The highest BCUT2D eigenvalue weighted by Gasteiger charge is 2.25. The Morgan fingerprint density at radius 2 is 2.00 bits per heavy atom. The van der Waals surface area contributed by atoms with E-state index >= 15 is 0 Å². The van der Waals surface area contributed by atoms with Crippen molar-refractivity contribution < 1.29 is 19.1 Å². The fraction of sp³-hybridized carbons (Fsp3) is 0.429. The summed E-state index contributed by atoms with van der Waals surface area (Å²) in [4.78, 5) is 23.1. The number of carboxylic acid groups (broad SMARTS) is 1. The highest BCUT2D eigenvalue weighted by atomic mass is 19.1. The molecule has 2 N–H and O–H groups in total. The Balaban J connectivity index is 2.90. The van der Waals surface area contributed by atoms with Gasteiger partial charge in [0.05, 0.1) is 0 Å². The van der Waals surface area contributed by atoms with Crippen LogP contribution in [0.15, 0.2) is 18.2 Å². The van der Waals surface area contributed by atoms with Gasteiger partial charge in [0.15, 0.2) is 0 Å². The van der Waals surface area contributed by atoms with Gasteiger partial charge in [-0.05, 0) is 36.6 Å². The SMILES string of the molecule is CCC(C)C(NC(=O)c1cc(C)cc(F)c1)C(=O)O. The monoisotopic (exact) mass is 267 g/mol. The third kappa shape index (κ3) is 4.05. The summed E-state index contributed by atoms with van der Waals surface area (Å²) in [6, 6.07) is 2.95. The van der Waals surface area contributed by atoms with Gasteiger partial charge in [0, 0.05) is 5.56 Å². The average molecular weight is 267 g/mol. The first-order valence-electron chi connectivity index (χ1n) is 6.16. The van der Waals surface area contributed by atoms with Gasteiger partial charge in [-0.3, -0.25) is 4.79 Å². The van der Waals surface area contributed by atoms with Crippen LogP contribution in [-0.2, 0) is 4.79 Å². The first-order valence-corrected chi connectivity index (χ1v) is 6.16. The Morgan fingerprint density at radius 1 is 1.37 bits per heavy atom. The molecule has 0 aromatic heterocycles. The molecule has 0 fully saturated rings. The molecule has 1 aromatic carbocycles. The highest BCUT2D eigenvalue weighted by molar-refractivity contribution is 5.96. The number of aliphatic carboxylic acids is 1. The molecule has 5 heteroatoms. The van der Waals surface area contributed by atoms with Crippen LogP contribution in [0.2, 0.25) is 0 Å². The summed E-state index contributed by atoms with van der Waals surface area (Å²) in [7, 11) is 0. The minimum absolute atomic E-state index is 0.132. The number of halogens is 1. The van der Waals surface area contributed by atoms with Crippen LogP contribution in [0, 0.1) is 18.7 Å². The maximum atomic E-state index is 13.2. The van der Waals surface area contributed by atoms with E-state index in [4.69, 9.17) is 5.11 Å². The number of carbonyl (C=O) groups is 2. The predicted octanol–water partition coefficient (Wildman–Crippen LogP) is 2.36. The number of hydrogen-bond acceptors (Lipinski definition) is 2. The second-order valence-electron chi connectivity index (χ2n) is 4.69. The molecule has 0 radical (unpaired) electrons. The molecule has 0 spiro atoms. The molecule has 0 heterocycles. The second-order valence-corrected chi connectivity index (χ2v) is 4.69. The van der Waals surface area contributed by atoms with Gasteiger partial charge in [-0.15, -0.1) is 0 Å². The van der Waals surface area contributed by atoms with Crippen molar-refractivity contribution in [2.75, 3.05) is 0 Å². The number of carbonyl (C=O) groups excluding carboxylic acids is 1. The lowest BCUT2D eigenvalue weighted by Crippen LogP contribution is -2.45. The van der Waals surface area contributed by atoms with Crippen LogP contribution in [0.25, 0.3) is 0 Å². The van der Waals surface area contributed by atoms with Crippen molar-refractivity contribution in [2.45, 2.75) is 33.2 Å². The van der Waals surface area contributed by atoms with Crippen molar-refractivity contribution in [3.05, 3.63) is 35.1 Å². The van der Waals surface area contributed by atoms with Crippen LogP contribution < -0.4 is 5.32 Å². The lowest BCUT2D eigenvalue weighted by Gasteiger charge is -2.20. The van der Waals surface area contributed by atoms with Gasteiger partial charge in [-0.2, -0.15) is 0 Å². The molecule has 2 unspecified atom stereocenters. The van der Waals surface area contributed by atoms with Crippen molar-refractivity contribution in [3.8, 4) is 0 Å². The Bertz CT molecular complexity index is 467. The molecule has 1 amide bonds. The minimum Gasteiger partial charge on any atom is -0.480 e. The molecular weight excluding hydrogens is 249 g/mol. The molecule has 104 valence electrons. The van der Waals surface area contributed by atoms with E-state index in [9.17, 15) is 14.0 Å².